The monoisotopic (exact) mass is 263 g/mol. The number of halogens is 3. The van der Waals surface area contributed by atoms with Gasteiger partial charge in [-0.2, -0.15) is 0 Å². The summed E-state index contributed by atoms with van der Waals surface area (Å²) in [5, 5.41) is 3.38. The molecule has 1 aromatic rings. The van der Waals surface area contributed by atoms with E-state index in [1.54, 1.807) is 6.92 Å². The normalized spacial score (nSPS) is 10.9. The van der Waals surface area contributed by atoms with E-state index in [2.05, 4.69) is 25.9 Å². The molecule has 0 amide bonds. The Bertz CT molecular complexity index is 353. The Balaban J connectivity index is 3.32. The fourth-order valence-corrected chi connectivity index (χ4v) is 1.36. The Hall–Kier alpha value is -0.970. The van der Waals surface area contributed by atoms with Gasteiger partial charge in [0.2, 0.25) is 0 Å². The van der Waals surface area contributed by atoms with E-state index in [4.69, 9.17) is 0 Å². The number of hydrogen-bond acceptors (Lipinski definition) is 2. The highest BCUT2D eigenvalue weighted by molar-refractivity contribution is 9.10. The third-order valence-electron chi connectivity index (χ3n) is 1.66. The Kier molecular flexibility index (Phi) is 3.57. The van der Waals surface area contributed by atoms with E-state index in [0.29, 0.717) is 10.0 Å². The van der Waals surface area contributed by atoms with Crippen molar-refractivity contribution in [2.45, 2.75) is 6.92 Å². The van der Waals surface area contributed by atoms with Gasteiger partial charge in [0.25, 0.3) is 0 Å². The van der Waals surface area contributed by atoms with E-state index in [-0.39, 0.29) is 5.56 Å². The smallest absolute Gasteiger partial charge is 0.168 e. The lowest BCUT2D eigenvalue weighted by Crippen LogP contribution is -1.97. The maximum atomic E-state index is 13.2. The summed E-state index contributed by atoms with van der Waals surface area (Å²) in [7, 11) is 1.33. The van der Waals surface area contributed by atoms with Gasteiger partial charge in [0.05, 0.1) is 6.21 Å². The van der Waals surface area contributed by atoms with Crippen LogP contribution in [0.1, 0.15) is 11.1 Å². The zero-order valence-electron chi connectivity index (χ0n) is 7.64. The molecular weight excluding hydrogens is 256 g/mol. The second kappa shape index (κ2) is 4.50. The first-order chi connectivity index (χ1) is 6.57. The molecule has 14 heavy (non-hydrogen) atoms. The van der Waals surface area contributed by atoms with Gasteiger partial charge in [0.15, 0.2) is 11.6 Å². The summed E-state index contributed by atoms with van der Waals surface area (Å²) in [5.41, 5.74) is 0.644. The molecule has 0 aliphatic rings. The average Bonchev–Trinajstić information content (AvgIpc) is 2.15. The minimum absolute atomic E-state index is 0.0457. The van der Waals surface area contributed by atoms with E-state index in [1.807, 2.05) is 0 Å². The van der Waals surface area contributed by atoms with Gasteiger partial charge >= 0.3 is 0 Å². The number of aryl methyl sites for hydroxylation is 1. The summed E-state index contributed by atoms with van der Waals surface area (Å²) in [4.78, 5) is 4.39. The fraction of sp³-hybridized carbons (Fsp3) is 0.222. The molecule has 0 unspecified atom stereocenters. The molecule has 1 aromatic carbocycles. The standard InChI is InChI=1S/C9H8BrF2NO/c1-5-3-7(11)9(12)6(8(5)10)4-13-14-2/h3-4H,1-2H3/b13-4+. The quantitative estimate of drug-likeness (QED) is 0.457. The van der Waals surface area contributed by atoms with Crippen LogP contribution < -0.4 is 0 Å². The van der Waals surface area contributed by atoms with Gasteiger partial charge in [0.1, 0.15) is 7.11 Å². The van der Waals surface area contributed by atoms with Gasteiger partial charge in [-0.25, -0.2) is 8.78 Å². The second-order valence-corrected chi connectivity index (χ2v) is 3.43. The van der Waals surface area contributed by atoms with Crippen molar-refractivity contribution in [2.75, 3.05) is 7.11 Å². The van der Waals surface area contributed by atoms with E-state index >= 15 is 0 Å². The molecule has 0 N–H and O–H groups in total. The van der Waals surface area contributed by atoms with Crippen LogP contribution in [0, 0.1) is 18.6 Å². The number of nitrogens with zero attached hydrogens (tertiary/aromatic N) is 1. The van der Waals surface area contributed by atoms with Crippen LogP contribution >= 0.6 is 15.9 Å². The first kappa shape index (κ1) is 11.1. The van der Waals surface area contributed by atoms with E-state index in [9.17, 15) is 8.78 Å². The summed E-state index contributed by atoms with van der Waals surface area (Å²) in [5.74, 6) is -1.84. The molecule has 0 atom stereocenters. The predicted octanol–water partition coefficient (Wildman–Crippen LogP) is 3.02. The van der Waals surface area contributed by atoms with Crippen LogP contribution in [-0.4, -0.2) is 13.3 Å². The van der Waals surface area contributed by atoms with Gasteiger partial charge in [-0.1, -0.05) is 5.16 Å². The minimum atomic E-state index is -0.941. The third kappa shape index (κ3) is 2.09. The molecule has 0 radical (unpaired) electrons. The van der Waals surface area contributed by atoms with Crippen molar-refractivity contribution in [3.05, 3.63) is 33.3 Å². The lowest BCUT2D eigenvalue weighted by molar-refractivity contribution is 0.215. The van der Waals surface area contributed by atoms with Crippen molar-refractivity contribution in [1.29, 1.82) is 0 Å². The predicted molar refractivity (Wildman–Crippen MR) is 53.4 cm³/mol. The number of benzene rings is 1. The van der Waals surface area contributed by atoms with Crippen LogP contribution in [0.2, 0.25) is 0 Å². The molecule has 0 aliphatic heterocycles. The summed E-state index contributed by atoms with van der Waals surface area (Å²) in [6.45, 7) is 1.66. The van der Waals surface area contributed by atoms with Crippen molar-refractivity contribution >= 4 is 22.1 Å². The zero-order valence-corrected chi connectivity index (χ0v) is 9.23. The molecule has 0 saturated heterocycles. The fourth-order valence-electron chi connectivity index (χ4n) is 0.973. The third-order valence-corrected chi connectivity index (χ3v) is 2.71. The Morgan fingerprint density at radius 3 is 2.71 bits per heavy atom. The molecule has 5 heteroatoms. The summed E-state index contributed by atoms with van der Waals surface area (Å²) in [6.07, 6.45) is 1.12. The Morgan fingerprint density at radius 2 is 2.14 bits per heavy atom. The summed E-state index contributed by atoms with van der Waals surface area (Å²) >= 11 is 3.14. The molecule has 2 nitrogen and oxygen atoms in total. The van der Waals surface area contributed by atoms with Gasteiger partial charge in [-0.05, 0) is 34.5 Å². The molecule has 1 rings (SSSR count). The largest absolute Gasteiger partial charge is 0.399 e. The topological polar surface area (TPSA) is 21.6 Å². The maximum absolute atomic E-state index is 13.2. The minimum Gasteiger partial charge on any atom is -0.399 e. The van der Waals surface area contributed by atoms with Crippen LogP contribution in [0.5, 0.6) is 0 Å². The summed E-state index contributed by atoms with van der Waals surface area (Å²) in [6, 6.07) is 1.11. The first-order valence-electron chi connectivity index (χ1n) is 3.78. The molecule has 0 saturated carbocycles. The van der Waals surface area contributed by atoms with Crippen LogP contribution in [0.3, 0.4) is 0 Å². The van der Waals surface area contributed by atoms with Gasteiger partial charge < -0.3 is 4.84 Å². The van der Waals surface area contributed by atoms with E-state index < -0.39 is 11.6 Å². The molecule has 0 spiro atoms. The zero-order chi connectivity index (χ0) is 10.7. The Labute approximate surface area is 88.7 Å². The lowest BCUT2D eigenvalue weighted by Gasteiger charge is -2.04. The van der Waals surface area contributed by atoms with Gasteiger partial charge in [0, 0.05) is 10.0 Å². The molecule has 0 heterocycles. The lowest BCUT2D eigenvalue weighted by atomic mass is 10.1. The molecular formula is C9H8BrF2NO. The van der Waals surface area contributed by atoms with Crippen molar-refractivity contribution < 1.29 is 13.6 Å². The van der Waals surface area contributed by atoms with Crippen LogP contribution in [0.15, 0.2) is 15.7 Å². The summed E-state index contributed by atoms with van der Waals surface area (Å²) < 4.78 is 26.6. The maximum Gasteiger partial charge on any atom is 0.168 e. The molecule has 76 valence electrons. The molecule has 0 aromatic heterocycles. The van der Waals surface area contributed by atoms with Crippen molar-refractivity contribution in [3.8, 4) is 0 Å². The van der Waals surface area contributed by atoms with Crippen LogP contribution in [0.25, 0.3) is 0 Å². The van der Waals surface area contributed by atoms with Crippen LogP contribution in [0.4, 0.5) is 8.78 Å². The van der Waals surface area contributed by atoms with E-state index in [1.165, 1.54) is 7.11 Å². The highest BCUT2D eigenvalue weighted by Crippen LogP contribution is 2.24. The first-order valence-corrected chi connectivity index (χ1v) is 4.57. The molecule has 0 bridgehead atoms. The number of rotatable bonds is 2. The number of hydrogen-bond donors (Lipinski definition) is 0. The van der Waals surface area contributed by atoms with Crippen molar-refractivity contribution in [1.82, 2.24) is 0 Å². The van der Waals surface area contributed by atoms with E-state index in [0.717, 1.165) is 12.3 Å². The van der Waals surface area contributed by atoms with Gasteiger partial charge in [-0.3, -0.25) is 0 Å². The second-order valence-electron chi connectivity index (χ2n) is 2.63. The molecule has 0 fully saturated rings. The number of oxime groups is 1. The molecule has 0 aliphatic carbocycles. The highest BCUT2D eigenvalue weighted by Gasteiger charge is 2.13. The SMILES string of the molecule is CO/N=C/c1c(F)c(F)cc(C)c1Br. The van der Waals surface area contributed by atoms with Crippen molar-refractivity contribution in [2.24, 2.45) is 5.16 Å². The van der Waals surface area contributed by atoms with Crippen LogP contribution in [-0.2, 0) is 4.84 Å². The highest BCUT2D eigenvalue weighted by atomic mass is 79.9. The average molecular weight is 264 g/mol. The van der Waals surface area contributed by atoms with Gasteiger partial charge in [-0.15, -0.1) is 0 Å². The van der Waals surface area contributed by atoms with Crippen molar-refractivity contribution in [3.63, 3.8) is 0 Å². The Morgan fingerprint density at radius 1 is 1.50 bits per heavy atom.